The second-order valence-electron chi connectivity index (χ2n) is 6.22. The first-order chi connectivity index (χ1) is 12.6. The van der Waals surface area contributed by atoms with E-state index in [1.165, 1.54) is 0 Å². The van der Waals surface area contributed by atoms with Gasteiger partial charge in [0.25, 0.3) is 5.91 Å². The molecule has 0 unspecified atom stereocenters. The third-order valence-corrected chi connectivity index (χ3v) is 4.28. The van der Waals surface area contributed by atoms with Gasteiger partial charge in [0.15, 0.2) is 6.10 Å². The summed E-state index contributed by atoms with van der Waals surface area (Å²) in [6.07, 6.45) is -0.0198. The molecular weight excluding hydrogens is 326 g/mol. The smallest absolute Gasteiger partial charge is 0.265 e. The van der Waals surface area contributed by atoms with Crippen LogP contribution in [0.4, 0.5) is 5.69 Å². The first kappa shape index (κ1) is 17.8. The number of benzene rings is 3. The van der Waals surface area contributed by atoms with Gasteiger partial charge in [0.05, 0.1) is 12.8 Å². The van der Waals surface area contributed by atoms with E-state index in [4.69, 9.17) is 9.47 Å². The molecule has 3 rings (SSSR count). The van der Waals surface area contributed by atoms with Crippen LogP contribution in [-0.2, 0) is 4.79 Å². The van der Waals surface area contributed by atoms with Crippen LogP contribution in [-0.4, -0.2) is 19.1 Å². The standard InChI is InChI=1S/C22H23NO3/c1-4-20(22(24)23-19-13-15(2)9-12-21(19)25-3)26-18-11-10-16-7-5-6-8-17(16)14-18/h5-14,20H,4H2,1-3H3,(H,23,24)/t20-/m1/s1. The van der Waals surface area contributed by atoms with Gasteiger partial charge in [-0.3, -0.25) is 4.79 Å². The van der Waals surface area contributed by atoms with Gasteiger partial charge in [-0.05, 0) is 53.9 Å². The highest BCUT2D eigenvalue weighted by Gasteiger charge is 2.20. The van der Waals surface area contributed by atoms with Crippen molar-refractivity contribution in [2.45, 2.75) is 26.4 Å². The zero-order valence-electron chi connectivity index (χ0n) is 15.3. The fourth-order valence-electron chi connectivity index (χ4n) is 2.86. The van der Waals surface area contributed by atoms with Crippen molar-refractivity contribution < 1.29 is 14.3 Å². The van der Waals surface area contributed by atoms with Crippen LogP contribution in [0.25, 0.3) is 10.8 Å². The van der Waals surface area contributed by atoms with Crippen LogP contribution in [0.15, 0.2) is 60.7 Å². The molecule has 4 nitrogen and oxygen atoms in total. The molecule has 0 saturated carbocycles. The summed E-state index contributed by atoms with van der Waals surface area (Å²) in [5.41, 5.74) is 1.70. The summed E-state index contributed by atoms with van der Waals surface area (Å²) >= 11 is 0. The second-order valence-corrected chi connectivity index (χ2v) is 6.22. The van der Waals surface area contributed by atoms with Crippen LogP contribution in [0.1, 0.15) is 18.9 Å². The van der Waals surface area contributed by atoms with E-state index >= 15 is 0 Å². The van der Waals surface area contributed by atoms with Crippen molar-refractivity contribution in [3.8, 4) is 11.5 Å². The average Bonchev–Trinajstić information content (AvgIpc) is 2.66. The minimum atomic E-state index is -0.582. The summed E-state index contributed by atoms with van der Waals surface area (Å²) in [6.45, 7) is 3.90. The second kappa shape index (κ2) is 7.91. The molecule has 0 fully saturated rings. The number of carbonyl (C=O) groups is 1. The first-order valence-corrected chi connectivity index (χ1v) is 8.71. The van der Waals surface area contributed by atoms with Crippen LogP contribution >= 0.6 is 0 Å². The Kier molecular flexibility index (Phi) is 5.42. The fourth-order valence-corrected chi connectivity index (χ4v) is 2.86. The van der Waals surface area contributed by atoms with Crippen molar-refractivity contribution in [3.63, 3.8) is 0 Å². The number of ether oxygens (including phenoxy) is 2. The van der Waals surface area contributed by atoms with E-state index < -0.39 is 6.10 Å². The lowest BCUT2D eigenvalue weighted by molar-refractivity contribution is -0.122. The number of fused-ring (bicyclic) bond motifs is 1. The number of rotatable bonds is 6. The van der Waals surface area contributed by atoms with E-state index in [1.54, 1.807) is 7.11 Å². The fraction of sp³-hybridized carbons (Fsp3) is 0.227. The summed E-state index contributed by atoms with van der Waals surface area (Å²) in [5, 5.41) is 5.15. The maximum atomic E-state index is 12.7. The van der Waals surface area contributed by atoms with Crippen LogP contribution in [0.2, 0.25) is 0 Å². The highest BCUT2D eigenvalue weighted by molar-refractivity contribution is 5.96. The van der Waals surface area contributed by atoms with Gasteiger partial charge in [-0.1, -0.05) is 43.3 Å². The van der Waals surface area contributed by atoms with Crippen molar-refractivity contribution in [1.82, 2.24) is 0 Å². The average molecular weight is 349 g/mol. The lowest BCUT2D eigenvalue weighted by Gasteiger charge is -2.19. The summed E-state index contributed by atoms with van der Waals surface area (Å²) < 4.78 is 11.3. The molecule has 134 valence electrons. The molecule has 0 bridgehead atoms. The quantitative estimate of drug-likeness (QED) is 0.685. The molecule has 1 N–H and O–H groups in total. The predicted octanol–water partition coefficient (Wildman–Crippen LogP) is 4.95. The van der Waals surface area contributed by atoms with Gasteiger partial charge < -0.3 is 14.8 Å². The largest absolute Gasteiger partial charge is 0.495 e. The van der Waals surface area contributed by atoms with Crippen LogP contribution < -0.4 is 14.8 Å². The van der Waals surface area contributed by atoms with Crippen molar-refractivity contribution in [3.05, 3.63) is 66.2 Å². The molecule has 0 saturated heterocycles. The number of hydrogen-bond donors (Lipinski definition) is 1. The van der Waals surface area contributed by atoms with E-state index in [0.717, 1.165) is 16.3 Å². The Hall–Kier alpha value is -3.01. The molecule has 0 aliphatic rings. The Morgan fingerprint density at radius 3 is 2.54 bits per heavy atom. The molecule has 4 heteroatoms. The molecule has 3 aromatic carbocycles. The molecular formula is C22H23NO3. The lowest BCUT2D eigenvalue weighted by atomic mass is 10.1. The Morgan fingerprint density at radius 2 is 1.81 bits per heavy atom. The lowest BCUT2D eigenvalue weighted by Crippen LogP contribution is -2.32. The number of nitrogens with one attached hydrogen (secondary N) is 1. The van der Waals surface area contributed by atoms with Crippen molar-refractivity contribution in [2.24, 2.45) is 0 Å². The van der Waals surface area contributed by atoms with Gasteiger partial charge in [0.2, 0.25) is 0 Å². The number of hydrogen-bond acceptors (Lipinski definition) is 3. The number of anilines is 1. The van der Waals surface area contributed by atoms with E-state index in [0.29, 0.717) is 23.6 Å². The van der Waals surface area contributed by atoms with Gasteiger partial charge in [-0.15, -0.1) is 0 Å². The predicted molar refractivity (Wildman–Crippen MR) is 105 cm³/mol. The Labute approximate surface area is 153 Å². The molecule has 0 aliphatic carbocycles. The molecule has 0 spiro atoms. The summed E-state index contributed by atoms with van der Waals surface area (Å²) in [4.78, 5) is 12.7. The topological polar surface area (TPSA) is 47.6 Å². The van der Waals surface area contributed by atoms with Gasteiger partial charge in [-0.2, -0.15) is 0 Å². The number of aryl methyl sites for hydroxylation is 1. The summed E-state index contributed by atoms with van der Waals surface area (Å²) in [7, 11) is 1.59. The monoisotopic (exact) mass is 349 g/mol. The number of amides is 1. The first-order valence-electron chi connectivity index (χ1n) is 8.71. The SMILES string of the molecule is CC[C@@H](Oc1ccc2ccccc2c1)C(=O)Nc1cc(C)ccc1OC. The Bertz CT molecular complexity index is 920. The van der Waals surface area contributed by atoms with Gasteiger partial charge in [0, 0.05) is 0 Å². The maximum Gasteiger partial charge on any atom is 0.265 e. The maximum absolute atomic E-state index is 12.7. The number of methoxy groups -OCH3 is 1. The Balaban J connectivity index is 1.77. The molecule has 1 atom stereocenters. The van der Waals surface area contributed by atoms with Crippen molar-refractivity contribution in [2.75, 3.05) is 12.4 Å². The number of carbonyl (C=O) groups excluding carboxylic acids is 1. The molecule has 26 heavy (non-hydrogen) atoms. The van der Waals surface area contributed by atoms with Crippen molar-refractivity contribution >= 4 is 22.4 Å². The van der Waals surface area contributed by atoms with E-state index in [9.17, 15) is 4.79 Å². The molecule has 0 heterocycles. The molecule has 0 aliphatic heterocycles. The molecule has 0 aromatic heterocycles. The van der Waals surface area contributed by atoms with E-state index in [1.807, 2.05) is 74.5 Å². The highest BCUT2D eigenvalue weighted by Crippen LogP contribution is 2.26. The van der Waals surface area contributed by atoms with Crippen LogP contribution in [0.3, 0.4) is 0 Å². The minimum absolute atomic E-state index is 0.190. The molecule has 1 amide bonds. The zero-order chi connectivity index (χ0) is 18.5. The highest BCUT2D eigenvalue weighted by atomic mass is 16.5. The van der Waals surface area contributed by atoms with Gasteiger partial charge in [0.1, 0.15) is 11.5 Å². The minimum Gasteiger partial charge on any atom is -0.495 e. The Morgan fingerprint density at radius 1 is 1.04 bits per heavy atom. The van der Waals surface area contributed by atoms with E-state index in [2.05, 4.69) is 5.32 Å². The normalized spacial score (nSPS) is 11.8. The van der Waals surface area contributed by atoms with Gasteiger partial charge in [-0.25, -0.2) is 0 Å². The van der Waals surface area contributed by atoms with E-state index in [-0.39, 0.29) is 5.91 Å². The van der Waals surface area contributed by atoms with Gasteiger partial charge >= 0.3 is 0 Å². The van der Waals surface area contributed by atoms with Crippen LogP contribution in [0.5, 0.6) is 11.5 Å². The van der Waals surface area contributed by atoms with Crippen molar-refractivity contribution in [1.29, 1.82) is 0 Å². The molecule has 0 radical (unpaired) electrons. The summed E-state index contributed by atoms with van der Waals surface area (Å²) in [5.74, 6) is 1.12. The third kappa shape index (κ3) is 3.97. The van der Waals surface area contributed by atoms with Crippen LogP contribution in [0, 0.1) is 6.92 Å². The zero-order valence-corrected chi connectivity index (χ0v) is 15.3. The third-order valence-electron chi connectivity index (χ3n) is 4.28. The summed E-state index contributed by atoms with van der Waals surface area (Å²) in [6, 6.07) is 19.6. The molecule has 3 aromatic rings.